The molecule has 7 nitrogen and oxygen atoms in total. The molecule has 0 aliphatic carbocycles. The molecule has 28 heavy (non-hydrogen) atoms. The third kappa shape index (κ3) is 4.47. The van der Waals surface area contributed by atoms with Crippen LogP contribution in [-0.4, -0.2) is 33.6 Å². The fraction of sp³-hybridized carbons (Fsp3) is 0.158. The predicted molar refractivity (Wildman–Crippen MR) is 112 cm³/mol. The van der Waals surface area contributed by atoms with Crippen LogP contribution in [0.2, 0.25) is 5.02 Å². The summed E-state index contributed by atoms with van der Waals surface area (Å²) in [5, 5.41) is 10.4. The zero-order valence-electron chi connectivity index (χ0n) is 15.3. The molecule has 0 saturated heterocycles. The van der Waals surface area contributed by atoms with Crippen molar-refractivity contribution in [3.05, 3.63) is 58.3 Å². The topological polar surface area (TPSA) is 83.0 Å². The second-order valence-electron chi connectivity index (χ2n) is 6.12. The highest BCUT2D eigenvalue weighted by Gasteiger charge is 2.13. The lowest BCUT2D eigenvalue weighted by Crippen LogP contribution is -2.23. The lowest BCUT2D eigenvalue weighted by molar-refractivity contribution is -0.117. The minimum absolute atomic E-state index is 0.00237. The van der Waals surface area contributed by atoms with Gasteiger partial charge in [0.1, 0.15) is 6.54 Å². The van der Waals surface area contributed by atoms with Crippen LogP contribution in [0.15, 0.2) is 48.5 Å². The predicted octanol–water partition coefficient (Wildman–Crippen LogP) is 3.88. The van der Waals surface area contributed by atoms with Crippen LogP contribution in [0, 0.1) is 4.77 Å². The number of amides is 2. The van der Waals surface area contributed by atoms with E-state index in [1.54, 1.807) is 48.0 Å². The summed E-state index contributed by atoms with van der Waals surface area (Å²) in [6.07, 6.45) is 0. The minimum Gasteiger partial charge on any atom is -0.325 e. The highest BCUT2D eigenvalue weighted by molar-refractivity contribution is 7.71. The summed E-state index contributed by atoms with van der Waals surface area (Å²) >= 11 is 11.2. The number of carbonyl (C=O) groups excluding carboxylic acids is 2. The molecule has 2 amide bonds. The molecule has 0 bridgehead atoms. The molecular formula is C19H18ClN5O2S. The molecule has 0 unspecified atom stereocenters. The van der Waals surface area contributed by atoms with Crippen molar-refractivity contribution >= 4 is 47.0 Å². The normalized spacial score (nSPS) is 10.5. The Bertz CT molecular complexity index is 1060. The number of nitrogens with one attached hydrogen (secondary N) is 2. The van der Waals surface area contributed by atoms with Gasteiger partial charge >= 0.3 is 0 Å². The molecule has 0 spiro atoms. The van der Waals surface area contributed by atoms with E-state index in [0.29, 0.717) is 21.3 Å². The van der Waals surface area contributed by atoms with E-state index in [1.807, 2.05) is 12.1 Å². The van der Waals surface area contributed by atoms with E-state index in [4.69, 9.17) is 23.8 Å². The average molecular weight is 416 g/mol. The van der Waals surface area contributed by atoms with Gasteiger partial charge in [-0.3, -0.25) is 19.3 Å². The summed E-state index contributed by atoms with van der Waals surface area (Å²) in [7, 11) is 1.69. The molecule has 3 aromatic rings. The highest BCUT2D eigenvalue weighted by Crippen LogP contribution is 2.21. The molecule has 0 atom stereocenters. The second kappa shape index (κ2) is 8.37. The van der Waals surface area contributed by atoms with Crippen molar-refractivity contribution in [1.29, 1.82) is 0 Å². The van der Waals surface area contributed by atoms with Gasteiger partial charge in [0.05, 0.1) is 0 Å². The third-order valence-electron chi connectivity index (χ3n) is 4.17. The summed E-state index contributed by atoms with van der Waals surface area (Å²) in [5.41, 5.74) is 2.16. The summed E-state index contributed by atoms with van der Waals surface area (Å²) in [6, 6.07) is 14.1. The fourth-order valence-electron chi connectivity index (χ4n) is 2.58. The monoisotopic (exact) mass is 415 g/mol. The molecule has 2 aromatic carbocycles. The zero-order valence-corrected chi connectivity index (χ0v) is 16.8. The largest absolute Gasteiger partial charge is 0.325 e. The Labute approximate surface area is 171 Å². The Morgan fingerprint density at radius 1 is 1.18 bits per heavy atom. The first-order valence-corrected chi connectivity index (χ1v) is 9.19. The van der Waals surface area contributed by atoms with E-state index in [2.05, 4.69) is 15.5 Å². The second-order valence-corrected chi connectivity index (χ2v) is 6.94. The molecule has 144 valence electrons. The van der Waals surface area contributed by atoms with E-state index < -0.39 is 0 Å². The summed E-state index contributed by atoms with van der Waals surface area (Å²) < 4.78 is 1.96. The molecule has 1 aromatic heterocycles. The third-order valence-corrected chi connectivity index (χ3v) is 4.74. The van der Waals surface area contributed by atoms with Gasteiger partial charge in [0.15, 0.2) is 10.6 Å². The maximum atomic E-state index is 12.5. The SMILES string of the molecule is CC(=O)N(C)c1ccc(NC(=O)Cn2c(-c3ccc(Cl)cc3)n[nH]c2=S)cc1. The van der Waals surface area contributed by atoms with Crippen molar-refractivity contribution in [2.75, 3.05) is 17.3 Å². The molecule has 0 fully saturated rings. The van der Waals surface area contributed by atoms with Gasteiger partial charge in [-0.2, -0.15) is 5.10 Å². The summed E-state index contributed by atoms with van der Waals surface area (Å²) in [4.78, 5) is 25.4. The molecule has 9 heteroatoms. The van der Waals surface area contributed by atoms with Gasteiger partial charge in [-0.05, 0) is 60.7 Å². The van der Waals surface area contributed by atoms with Crippen molar-refractivity contribution in [2.45, 2.75) is 13.5 Å². The molecule has 0 aliphatic rings. The maximum Gasteiger partial charge on any atom is 0.244 e. The Morgan fingerprint density at radius 2 is 1.82 bits per heavy atom. The molecule has 0 saturated carbocycles. The Balaban J connectivity index is 1.74. The van der Waals surface area contributed by atoms with Crippen molar-refractivity contribution in [3.8, 4) is 11.4 Å². The van der Waals surface area contributed by atoms with E-state index in [1.165, 1.54) is 11.8 Å². The first-order valence-electron chi connectivity index (χ1n) is 8.40. The van der Waals surface area contributed by atoms with Gasteiger partial charge in [0.25, 0.3) is 0 Å². The lowest BCUT2D eigenvalue weighted by atomic mass is 10.2. The number of H-pyrrole nitrogens is 1. The summed E-state index contributed by atoms with van der Waals surface area (Å²) in [5.74, 6) is 0.233. The smallest absolute Gasteiger partial charge is 0.244 e. The first kappa shape index (κ1) is 19.8. The van der Waals surface area contributed by atoms with Crippen LogP contribution in [-0.2, 0) is 16.1 Å². The molecule has 0 radical (unpaired) electrons. The van der Waals surface area contributed by atoms with Crippen LogP contribution >= 0.6 is 23.8 Å². The number of aromatic amines is 1. The van der Waals surface area contributed by atoms with E-state index in [9.17, 15) is 9.59 Å². The Morgan fingerprint density at radius 3 is 2.43 bits per heavy atom. The highest BCUT2D eigenvalue weighted by atomic mass is 35.5. The van der Waals surface area contributed by atoms with Crippen molar-refractivity contribution in [3.63, 3.8) is 0 Å². The summed E-state index contributed by atoms with van der Waals surface area (Å²) in [6.45, 7) is 1.49. The van der Waals surface area contributed by atoms with E-state index in [-0.39, 0.29) is 18.4 Å². The van der Waals surface area contributed by atoms with Crippen molar-refractivity contribution < 1.29 is 9.59 Å². The number of anilines is 2. The van der Waals surface area contributed by atoms with Gasteiger partial charge in [-0.1, -0.05) is 11.6 Å². The van der Waals surface area contributed by atoms with Gasteiger partial charge in [0.2, 0.25) is 11.8 Å². The molecule has 2 N–H and O–H groups in total. The number of carbonyl (C=O) groups is 2. The van der Waals surface area contributed by atoms with Crippen LogP contribution in [0.1, 0.15) is 6.92 Å². The van der Waals surface area contributed by atoms with Gasteiger partial charge in [-0.25, -0.2) is 0 Å². The number of benzene rings is 2. The first-order chi connectivity index (χ1) is 13.3. The van der Waals surface area contributed by atoms with Crippen LogP contribution in [0.3, 0.4) is 0 Å². The molecule has 1 heterocycles. The average Bonchev–Trinajstić information content (AvgIpc) is 3.02. The fourth-order valence-corrected chi connectivity index (χ4v) is 2.90. The van der Waals surface area contributed by atoms with Gasteiger partial charge in [-0.15, -0.1) is 0 Å². The molecule has 0 aliphatic heterocycles. The van der Waals surface area contributed by atoms with Crippen molar-refractivity contribution in [2.24, 2.45) is 0 Å². The van der Waals surface area contributed by atoms with Crippen molar-refractivity contribution in [1.82, 2.24) is 14.8 Å². The van der Waals surface area contributed by atoms with Crippen LogP contribution in [0.5, 0.6) is 0 Å². The molecule has 3 rings (SSSR count). The van der Waals surface area contributed by atoms with Gasteiger partial charge < -0.3 is 10.2 Å². The minimum atomic E-state index is -0.250. The van der Waals surface area contributed by atoms with Crippen LogP contribution < -0.4 is 10.2 Å². The Kier molecular flexibility index (Phi) is 5.91. The quantitative estimate of drug-likeness (QED) is 0.619. The Hall–Kier alpha value is -2.97. The maximum absolute atomic E-state index is 12.5. The van der Waals surface area contributed by atoms with Crippen LogP contribution in [0.4, 0.5) is 11.4 Å². The lowest BCUT2D eigenvalue weighted by Gasteiger charge is -2.15. The number of rotatable bonds is 5. The zero-order chi connectivity index (χ0) is 20.3. The van der Waals surface area contributed by atoms with Gasteiger partial charge in [0, 0.05) is 35.9 Å². The number of aromatic nitrogens is 3. The number of hydrogen-bond acceptors (Lipinski definition) is 4. The standard InChI is InChI=1S/C19H18ClN5O2S/c1-12(26)24(2)16-9-7-15(8-10-16)21-17(27)11-25-18(22-23-19(25)28)13-3-5-14(20)6-4-13/h3-10H,11H2,1-2H3,(H,21,27)(H,23,28). The van der Waals surface area contributed by atoms with Crippen LogP contribution in [0.25, 0.3) is 11.4 Å². The number of halogens is 1. The van der Waals surface area contributed by atoms with E-state index in [0.717, 1.165) is 11.3 Å². The number of hydrogen-bond donors (Lipinski definition) is 2. The molecular weight excluding hydrogens is 398 g/mol. The van der Waals surface area contributed by atoms with E-state index >= 15 is 0 Å². The number of nitrogens with zero attached hydrogens (tertiary/aromatic N) is 3.